The van der Waals surface area contributed by atoms with Crippen LogP contribution in [0, 0.1) is 0 Å². The predicted molar refractivity (Wildman–Crippen MR) is 95.7 cm³/mol. The fraction of sp³-hybridized carbons (Fsp3) is 0.438. The van der Waals surface area contributed by atoms with Gasteiger partial charge in [0.1, 0.15) is 0 Å². The van der Waals surface area contributed by atoms with Crippen molar-refractivity contribution in [2.75, 3.05) is 36.5 Å². The van der Waals surface area contributed by atoms with Crippen LogP contribution in [0.1, 0.15) is 12.8 Å². The molecule has 1 aromatic carbocycles. The number of ether oxygens (including phenoxy) is 2. The maximum absolute atomic E-state index is 6.04. The van der Waals surface area contributed by atoms with E-state index in [2.05, 4.69) is 25.4 Å². The topological polar surface area (TPSA) is 72.4 Å². The molecule has 0 aliphatic carbocycles. The molecule has 2 aliphatic heterocycles. The largest absolute Gasteiger partial charge is 0.347 e. The van der Waals surface area contributed by atoms with E-state index in [9.17, 15) is 0 Å². The van der Waals surface area contributed by atoms with Crippen LogP contribution in [-0.2, 0) is 9.47 Å². The number of anilines is 3. The molecule has 1 spiro atoms. The molecular weight excluding hydrogens is 365 g/mol. The van der Waals surface area contributed by atoms with Gasteiger partial charge in [0.05, 0.1) is 29.5 Å². The highest BCUT2D eigenvalue weighted by Gasteiger charge is 2.40. The lowest BCUT2D eigenvalue weighted by Crippen LogP contribution is -2.45. The Labute approximate surface area is 155 Å². The van der Waals surface area contributed by atoms with Gasteiger partial charge in [-0.05, 0) is 18.2 Å². The fourth-order valence-electron chi connectivity index (χ4n) is 3.04. The average molecular weight is 382 g/mol. The molecule has 1 N–H and O–H groups in total. The van der Waals surface area contributed by atoms with Crippen molar-refractivity contribution in [3.05, 3.63) is 34.4 Å². The number of nitrogens with zero attached hydrogens (tertiary/aromatic N) is 4. The highest BCUT2D eigenvalue weighted by Crippen LogP contribution is 2.32. The Bertz CT molecular complexity index is 760. The van der Waals surface area contributed by atoms with Crippen LogP contribution in [0.5, 0.6) is 0 Å². The maximum Gasteiger partial charge on any atom is 0.247 e. The molecule has 0 unspecified atom stereocenters. The van der Waals surface area contributed by atoms with Crippen molar-refractivity contribution in [3.63, 3.8) is 0 Å². The number of hydrogen-bond acceptors (Lipinski definition) is 7. The van der Waals surface area contributed by atoms with Crippen molar-refractivity contribution in [1.82, 2.24) is 15.2 Å². The van der Waals surface area contributed by atoms with E-state index in [0.29, 0.717) is 35.0 Å². The highest BCUT2D eigenvalue weighted by molar-refractivity contribution is 6.42. The Morgan fingerprint density at radius 3 is 2.56 bits per heavy atom. The molecular formula is C16H17Cl2N5O2. The monoisotopic (exact) mass is 381 g/mol. The molecule has 2 fully saturated rings. The van der Waals surface area contributed by atoms with Crippen molar-refractivity contribution < 1.29 is 9.47 Å². The van der Waals surface area contributed by atoms with Crippen LogP contribution in [-0.4, -0.2) is 47.3 Å². The first-order chi connectivity index (χ1) is 12.1. The zero-order valence-electron chi connectivity index (χ0n) is 13.4. The van der Waals surface area contributed by atoms with E-state index in [0.717, 1.165) is 31.6 Å². The Morgan fingerprint density at radius 2 is 1.84 bits per heavy atom. The average Bonchev–Trinajstić information content (AvgIpc) is 3.07. The molecule has 0 saturated carbocycles. The Morgan fingerprint density at radius 1 is 1.08 bits per heavy atom. The first-order valence-corrected chi connectivity index (χ1v) is 8.84. The summed E-state index contributed by atoms with van der Waals surface area (Å²) in [5, 5.41) is 12.3. The van der Waals surface area contributed by atoms with Gasteiger partial charge in [0.15, 0.2) is 11.6 Å². The van der Waals surface area contributed by atoms with Crippen LogP contribution in [0.15, 0.2) is 24.4 Å². The molecule has 0 radical (unpaired) electrons. The Balaban J connectivity index is 1.45. The van der Waals surface area contributed by atoms with Gasteiger partial charge in [-0.2, -0.15) is 10.1 Å². The molecule has 0 amide bonds. The Hall–Kier alpha value is -1.67. The summed E-state index contributed by atoms with van der Waals surface area (Å²) in [5.74, 6) is 0.759. The van der Waals surface area contributed by atoms with Crippen molar-refractivity contribution >= 4 is 40.7 Å². The maximum atomic E-state index is 6.04. The van der Waals surface area contributed by atoms with Crippen LogP contribution in [0.2, 0.25) is 10.0 Å². The number of aromatic nitrogens is 3. The fourth-order valence-corrected chi connectivity index (χ4v) is 3.34. The SMILES string of the molecule is Clc1ccc(Nc2cnnc(N3CCC4(CC3)OCCO4)n2)cc1Cl. The van der Waals surface area contributed by atoms with Gasteiger partial charge in [-0.25, -0.2) is 0 Å². The van der Waals surface area contributed by atoms with E-state index in [-0.39, 0.29) is 0 Å². The van der Waals surface area contributed by atoms with Crippen molar-refractivity contribution in [3.8, 4) is 0 Å². The van der Waals surface area contributed by atoms with Crippen LogP contribution < -0.4 is 10.2 Å². The second kappa shape index (κ2) is 6.92. The minimum absolute atomic E-state index is 0.417. The molecule has 7 nitrogen and oxygen atoms in total. The van der Waals surface area contributed by atoms with Gasteiger partial charge in [0.2, 0.25) is 5.95 Å². The molecule has 25 heavy (non-hydrogen) atoms. The third kappa shape index (κ3) is 3.64. The summed E-state index contributed by atoms with van der Waals surface area (Å²) in [6.07, 6.45) is 3.16. The second-order valence-electron chi connectivity index (χ2n) is 5.99. The summed E-state index contributed by atoms with van der Waals surface area (Å²) < 4.78 is 11.5. The van der Waals surface area contributed by atoms with E-state index in [1.807, 2.05) is 6.07 Å². The first kappa shape index (κ1) is 16.8. The number of nitrogens with one attached hydrogen (secondary N) is 1. The standard InChI is InChI=1S/C16H17Cl2N5O2/c17-12-2-1-11(9-13(12)18)20-14-10-19-22-15(21-14)23-5-3-16(4-6-23)24-7-8-25-16/h1-2,9-10H,3-8H2,(H,20,21,22). The smallest absolute Gasteiger partial charge is 0.247 e. The Kier molecular flexibility index (Phi) is 4.64. The van der Waals surface area contributed by atoms with Crippen molar-refractivity contribution in [2.45, 2.75) is 18.6 Å². The summed E-state index contributed by atoms with van der Waals surface area (Å²) in [7, 11) is 0. The highest BCUT2D eigenvalue weighted by atomic mass is 35.5. The second-order valence-corrected chi connectivity index (χ2v) is 6.80. The number of hydrogen-bond donors (Lipinski definition) is 1. The molecule has 4 rings (SSSR count). The van der Waals surface area contributed by atoms with E-state index >= 15 is 0 Å². The van der Waals surface area contributed by atoms with Gasteiger partial charge in [-0.15, -0.1) is 5.10 Å². The molecule has 2 saturated heterocycles. The zero-order chi connectivity index (χ0) is 17.3. The van der Waals surface area contributed by atoms with Crippen molar-refractivity contribution in [1.29, 1.82) is 0 Å². The lowest BCUT2D eigenvalue weighted by atomic mass is 10.0. The van der Waals surface area contributed by atoms with E-state index in [4.69, 9.17) is 32.7 Å². The normalized spacial score (nSPS) is 19.4. The quantitative estimate of drug-likeness (QED) is 0.874. The van der Waals surface area contributed by atoms with Crippen LogP contribution >= 0.6 is 23.2 Å². The van der Waals surface area contributed by atoms with E-state index in [1.54, 1.807) is 18.3 Å². The van der Waals surface area contributed by atoms with Crippen LogP contribution in [0.4, 0.5) is 17.5 Å². The summed E-state index contributed by atoms with van der Waals surface area (Å²) in [4.78, 5) is 6.63. The van der Waals surface area contributed by atoms with Crippen LogP contribution in [0.3, 0.4) is 0 Å². The molecule has 2 aliphatic rings. The summed E-state index contributed by atoms with van der Waals surface area (Å²) in [6.45, 7) is 2.86. The summed E-state index contributed by atoms with van der Waals surface area (Å²) in [5.41, 5.74) is 0.784. The minimum atomic E-state index is -0.417. The predicted octanol–water partition coefficient (Wildman–Crippen LogP) is 3.27. The molecule has 1 aromatic heterocycles. The van der Waals surface area contributed by atoms with Gasteiger partial charge in [-0.3, -0.25) is 0 Å². The molecule has 0 bridgehead atoms. The van der Waals surface area contributed by atoms with Gasteiger partial charge in [0, 0.05) is 31.6 Å². The van der Waals surface area contributed by atoms with E-state index in [1.165, 1.54) is 0 Å². The lowest BCUT2D eigenvalue weighted by Gasteiger charge is -2.37. The summed E-state index contributed by atoms with van der Waals surface area (Å²) >= 11 is 12.0. The minimum Gasteiger partial charge on any atom is -0.347 e. The molecule has 132 valence electrons. The number of rotatable bonds is 3. The number of piperidine rings is 1. The zero-order valence-corrected chi connectivity index (χ0v) is 14.9. The third-order valence-electron chi connectivity index (χ3n) is 4.36. The molecule has 0 atom stereocenters. The molecule has 3 heterocycles. The van der Waals surface area contributed by atoms with Gasteiger partial charge < -0.3 is 19.7 Å². The molecule has 2 aromatic rings. The van der Waals surface area contributed by atoms with Crippen LogP contribution in [0.25, 0.3) is 0 Å². The molecule has 9 heteroatoms. The van der Waals surface area contributed by atoms with Gasteiger partial charge in [-0.1, -0.05) is 23.2 Å². The van der Waals surface area contributed by atoms with Crippen molar-refractivity contribution in [2.24, 2.45) is 0 Å². The van der Waals surface area contributed by atoms with Gasteiger partial charge >= 0.3 is 0 Å². The first-order valence-electron chi connectivity index (χ1n) is 8.08. The number of halogens is 2. The number of benzene rings is 1. The third-order valence-corrected chi connectivity index (χ3v) is 5.10. The summed E-state index contributed by atoms with van der Waals surface area (Å²) in [6, 6.07) is 5.30. The van der Waals surface area contributed by atoms with E-state index < -0.39 is 5.79 Å². The lowest BCUT2D eigenvalue weighted by molar-refractivity contribution is -0.169. The van der Waals surface area contributed by atoms with Gasteiger partial charge in [0.25, 0.3) is 0 Å².